The highest BCUT2D eigenvalue weighted by atomic mass is 32.2. The number of carbonyl (C=O) groups is 1. The molecule has 1 amide bonds. The summed E-state index contributed by atoms with van der Waals surface area (Å²) in [7, 11) is 0. The van der Waals surface area contributed by atoms with Crippen LogP contribution in [-0.4, -0.2) is 16.2 Å². The minimum atomic E-state index is -0.260. The second-order valence-electron chi connectivity index (χ2n) is 7.11. The summed E-state index contributed by atoms with van der Waals surface area (Å²) in [5.41, 5.74) is 4.78. The monoisotopic (exact) mass is 428 g/mol. The Balaban J connectivity index is 1.57. The number of phenols is 1. The summed E-state index contributed by atoms with van der Waals surface area (Å²) in [6.45, 7) is 4.01. The molecule has 0 aromatic heterocycles. The Hall–Kier alpha value is -3.71. The van der Waals surface area contributed by atoms with Crippen molar-refractivity contribution >= 4 is 46.0 Å². The van der Waals surface area contributed by atoms with Crippen LogP contribution in [0.3, 0.4) is 0 Å². The molecule has 7 heteroatoms. The molecule has 31 heavy (non-hydrogen) atoms. The van der Waals surface area contributed by atoms with Gasteiger partial charge in [-0.3, -0.25) is 4.79 Å². The van der Waals surface area contributed by atoms with Crippen LogP contribution in [0.5, 0.6) is 5.75 Å². The number of carbonyl (C=O) groups excluding carboxylic acids is 1. The van der Waals surface area contributed by atoms with Gasteiger partial charge in [0.25, 0.3) is 5.91 Å². The number of nitrogens with one attached hydrogen (secondary N) is 1. The van der Waals surface area contributed by atoms with Crippen LogP contribution < -0.4 is 5.32 Å². The van der Waals surface area contributed by atoms with E-state index in [9.17, 15) is 9.90 Å². The fourth-order valence-corrected chi connectivity index (χ4v) is 3.92. The van der Waals surface area contributed by atoms with Crippen LogP contribution in [0.15, 0.2) is 86.9 Å². The molecule has 0 bridgehead atoms. The first-order valence-electron chi connectivity index (χ1n) is 9.64. The quantitative estimate of drug-likeness (QED) is 0.377. The Morgan fingerprint density at radius 2 is 1.58 bits per heavy atom. The molecular formula is C24H20N4O2S. The molecule has 3 aromatic carbocycles. The van der Waals surface area contributed by atoms with Gasteiger partial charge in [-0.05, 0) is 85.3 Å². The molecule has 0 saturated carbocycles. The van der Waals surface area contributed by atoms with Crippen LogP contribution >= 0.6 is 11.8 Å². The van der Waals surface area contributed by atoms with Crippen molar-refractivity contribution < 1.29 is 9.90 Å². The number of aliphatic imine (C=N–C) groups is 1. The number of thioether (sulfide) groups is 1. The zero-order valence-corrected chi connectivity index (χ0v) is 17.9. The summed E-state index contributed by atoms with van der Waals surface area (Å²) in [5, 5.41) is 21.9. The normalized spacial score (nSPS) is 16.4. The maximum Gasteiger partial charge on any atom is 0.264 e. The first-order valence-corrected chi connectivity index (χ1v) is 10.5. The SMILES string of the molecule is Cc1cc(C)cc(N=C2NC(=O)/C(=C/c3cc(N=Nc4ccccc4)ccc3O)S2)c1. The molecule has 1 saturated heterocycles. The lowest BCUT2D eigenvalue weighted by molar-refractivity contribution is -0.115. The molecule has 1 aliphatic heterocycles. The standard InChI is InChI=1S/C24H20N4O2S/c1-15-10-16(2)12-20(11-15)25-24-26-23(30)22(31-24)14-17-13-19(8-9-21(17)29)28-27-18-6-4-3-5-7-18/h3-14,29H,1-2H3,(H,25,26,30)/b22-14-,28-27?. The molecule has 2 N–H and O–H groups in total. The summed E-state index contributed by atoms with van der Waals surface area (Å²) >= 11 is 1.23. The molecule has 154 valence electrons. The lowest BCUT2D eigenvalue weighted by atomic mass is 10.1. The first kappa shape index (κ1) is 20.6. The molecule has 6 nitrogen and oxygen atoms in total. The zero-order valence-electron chi connectivity index (χ0n) is 17.0. The Kier molecular flexibility index (Phi) is 5.95. The van der Waals surface area contributed by atoms with E-state index in [1.165, 1.54) is 17.8 Å². The number of aryl methyl sites for hydroxylation is 2. The van der Waals surface area contributed by atoms with Gasteiger partial charge in [0, 0.05) is 5.56 Å². The Morgan fingerprint density at radius 3 is 2.32 bits per heavy atom. The molecule has 0 radical (unpaired) electrons. The van der Waals surface area contributed by atoms with Gasteiger partial charge in [0.15, 0.2) is 5.17 Å². The van der Waals surface area contributed by atoms with Crippen LogP contribution in [0.1, 0.15) is 16.7 Å². The predicted octanol–water partition coefficient (Wildman–Crippen LogP) is 6.32. The third kappa shape index (κ3) is 5.26. The number of benzene rings is 3. The van der Waals surface area contributed by atoms with Crippen molar-refractivity contribution in [3.05, 3.63) is 88.3 Å². The van der Waals surface area contributed by atoms with Crippen molar-refractivity contribution in [1.29, 1.82) is 0 Å². The molecule has 3 aromatic rings. The summed E-state index contributed by atoms with van der Waals surface area (Å²) in [4.78, 5) is 17.4. The zero-order chi connectivity index (χ0) is 21.8. The lowest BCUT2D eigenvalue weighted by Gasteiger charge is -2.01. The minimum Gasteiger partial charge on any atom is -0.507 e. The summed E-state index contributed by atoms with van der Waals surface area (Å²) < 4.78 is 0. The molecule has 1 aliphatic rings. The molecule has 1 heterocycles. The number of hydrogen-bond acceptors (Lipinski definition) is 6. The van der Waals surface area contributed by atoms with Gasteiger partial charge < -0.3 is 10.4 Å². The Morgan fingerprint density at radius 1 is 0.871 bits per heavy atom. The van der Waals surface area contributed by atoms with E-state index < -0.39 is 0 Å². The van der Waals surface area contributed by atoms with Gasteiger partial charge in [-0.1, -0.05) is 24.3 Å². The van der Waals surface area contributed by atoms with E-state index >= 15 is 0 Å². The maximum absolute atomic E-state index is 12.4. The van der Waals surface area contributed by atoms with Gasteiger partial charge in [-0.25, -0.2) is 4.99 Å². The number of rotatable bonds is 4. The summed E-state index contributed by atoms with van der Waals surface area (Å²) in [6, 6.07) is 20.2. The topological polar surface area (TPSA) is 86.4 Å². The second-order valence-corrected chi connectivity index (χ2v) is 8.14. The minimum absolute atomic E-state index is 0.0549. The van der Waals surface area contributed by atoms with Crippen molar-refractivity contribution in [1.82, 2.24) is 5.32 Å². The fourth-order valence-electron chi connectivity index (χ4n) is 3.08. The molecule has 0 atom stereocenters. The second kappa shape index (κ2) is 8.97. The van der Waals surface area contributed by atoms with Crippen LogP contribution in [0.4, 0.5) is 17.1 Å². The van der Waals surface area contributed by atoms with Crippen molar-refractivity contribution in [3.63, 3.8) is 0 Å². The molecule has 0 aliphatic carbocycles. The van der Waals surface area contributed by atoms with E-state index in [1.54, 1.807) is 18.2 Å². The van der Waals surface area contributed by atoms with E-state index in [0.717, 1.165) is 22.5 Å². The Bertz CT molecular complexity index is 1210. The highest BCUT2D eigenvalue weighted by Gasteiger charge is 2.24. The predicted molar refractivity (Wildman–Crippen MR) is 125 cm³/mol. The summed E-state index contributed by atoms with van der Waals surface area (Å²) in [6.07, 6.45) is 1.63. The third-order valence-corrected chi connectivity index (χ3v) is 5.33. The van der Waals surface area contributed by atoms with Gasteiger partial charge in [0.2, 0.25) is 0 Å². The Labute approximate surface area is 184 Å². The van der Waals surface area contributed by atoms with Gasteiger partial charge in [0.05, 0.1) is 22.0 Å². The lowest BCUT2D eigenvalue weighted by Crippen LogP contribution is -2.19. The van der Waals surface area contributed by atoms with E-state index in [1.807, 2.05) is 56.3 Å². The number of amides is 1. The van der Waals surface area contributed by atoms with E-state index in [-0.39, 0.29) is 11.7 Å². The number of phenolic OH excluding ortho intramolecular Hbond substituents is 1. The van der Waals surface area contributed by atoms with Crippen LogP contribution in [0, 0.1) is 13.8 Å². The first-order chi connectivity index (χ1) is 15.0. The van der Waals surface area contributed by atoms with E-state index in [0.29, 0.717) is 21.3 Å². The maximum atomic E-state index is 12.4. The molecule has 0 spiro atoms. The average Bonchev–Trinajstić information content (AvgIpc) is 3.07. The third-order valence-electron chi connectivity index (χ3n) is 4.42. The number of aromatic hydroxyl groups is 1. The van der Waals surface area contributed by atoms with Crippen molar-refractivity contribution in [3.8, 4) is 5.75 Å². The van der Waals surface area contributed by atoms with E-state index in [4.69, 9.17) is 0 Å². The smallest absolute Gasteiger partial charge is 0.264 e. The highest BCUT2D eigenvalue weighted by molar-refractivity contribution is 8.18. The fraction of sp³-hybridized carbons (Fsp3) is 0.0833. The van der Waals surface area contributed by atoms with Gasteiger partial charge >= 0.3 is 0 Å². The molecule has 0 unspecified atom stereocenters. The van der Waals surface area contributed by atoms with E-state index in [2.05, 4.69) is 26.6 Å². The molecular weight excluding hydrogens is 408 g/mol. The summed E-state index contributed by atoms with van der Waals surface area (Å²) in [5.74, 6) is -0.205. The highest BCUT2D eigenvalue weighted by Crippen LogP contribution is 2.32. The molecule has 1 fully saturated rings. The van der Waals surface area contributed by atoms with Crippen LogP contribution in [0.2, 0.25) is 0 Å². The van der Waals surface area contributed by atoms with Gasteiger partial charge in [0.1, 0.15) is 5.75 Å². The van der Waals surface area contributed by atoms with Crippen molar-refractivity contribution in [2.75, 3.05) is 0 Å². The van der Waals surface area contributed by atoms with Gasteiger partial charge in [-0.2, -0.15) is 10.2 Å². The number of hydrogen-bond donors (Lipinski definition) is 2. The van der Waals surface area contributed by atoms with Crippen LogP contribution in [0.25, 0.3) is 6.08 Å². The number of amidine groups is 1. The molecule has 4 rings (SSSR count). The average molecular weight is 429 g/mol. The number of azo groups is 1. The van der Waals surface area contributed by atoms with Crippen LogP contribution in [-0.2, 0) is 4.79 Å². The number of nitrogens with zero attached hydrogens (tertiary/aromatic N) is 3. The van der Waals surface area contributed by atoms with Gasteiger partial charge in [-0.15, -0.1) is 0 Å². The van der Waals surface area contributed by atoms with Crippen molar-refractivity contribution in [2.45, 2.75) is 13.8 Å². The van der Waals surface area contributed by atoms with Crippen molar-refractivity contribution in [2.24, 2.45) is 15.2 Å². The largest absolute Gasteiger partial charge is 0.507 e.